The van der Waals surface area contributed by atoms with Crippen molar-refractivity contribution in [2.24, 2.45) is 5.73 Å². The summed E-state index contributed by atoms with van der Waals surface area (Å²) in [7, 11) is 0. The maximum absolute atomic E-state index is 13.8. The van der Waals surface area contributed by atoms with Crippen LogP contribution in [-0.2, 0) is 0 Å². The van der Waals surface area contributed by atoms with E-state index in [2.05, 4.69) is 10.6 Å². The number of aryl methyl sites for hydroxylation is 1. The van der Waals surface area contributed by atoms with Gasteiger partial charge in [-0.3, -0.25) is 9.59 Å². The Labute approximate surface area is 158 Å². The number of carbonyl (C=O) groups is 2. The van der Waals surface area contributed by atoms with E-state index in [4.69, 9.17) is 5.73 Å². The number of hydrogen-bond acceptors (Lipinski definition) is 3. The van der Waals surface area contributed by atoms with Gasteiger partial charge in [0.1, 0.15) is 5.82 Å². The highest BCUT2D eigenvalue weighted by molar-refractivity contribution is 6.09. The third kappa shape index (κ3) is 5.54. The molecule has 2 aromatic rings. The van der Waals surface area contributed by atoms with E-state index in [1.807, 2.05) is 0 Å². The van der Waals surface area contributed by atoms with Gasteiger partial charge in [0, 0.05) is 12.1 Å². The van der Waals surface area contributed by atoms with Gasteiger partial charge in [-0.15, -0.1) is 12.4 Å². The van der Waals surface area contributed by atoms with Gasteiger partial charge in [-0.05, 0) is 44.5 Å². The second-order valence-electron chi connectivity index (χ2n) is 6.60. The average Bonchev–Trinajstić information content (AvgIpc) is 2.54. The van der Waals surface area contributed by atoms with Crippen molar-refractivity contribution >= 4 is 29.9 Å². The Morgan fingerprint density at radius 1 is 1.04 bits per heavy atom. The Balaban J connectivity index is 0.00000338. The number of carbonyl (C=O) groups excluding carboxylic acids is 2. The fourth-order valence-corrected chi connectivity index (χ4v) is 2.25. The molecule has 0 aliphatic heterocycles. The molecular formula is C19H23ClFN3O2. The van der Waals surface area contributed by atoms with Crippen LogP contribution >= 0.6 is 12.4 Å². The molecule has 0 aliphatic rings. The van der Waals surface area contributed by atoms with Gasteiger partial charge < -0.3 is 16.4 Å². The molecule has 7 heteroatoms. The molecule has 4 N–H and O–H groups in total. The molecule has 26 heavy (non-hydrogen) atoms. The molecule has 2 rings (SSSR count). The summed E-state index contributed by atoms with van der Waals surface area (Å²) in [5.74, 6) is -1.59. The maximum atomic E-state index is 13.8. The number of hydrogen-bond donors (Lipinski definition) is 3. The molecule has 0 heterocycles. The first kappa shape index (κ1) is 21.6. The molecular weight excluding hydrogens is 357 g/mol. The van der Waals surface area contributed by atoms with E-state index in [1.165, 1.54) is 18.2 Å². The Kier molecular flexibility index (Phi) is 7.29. The summed E-state index contributed by atoms with van der Waals surface area (Å²) >= 11 is 0. The van der Waals surface area contributed by atoms with Crippen molar-refractivity contribution in [2.45, 2.75) is 26.3 Å². The molecule has 0 unspecified atom stereocenters. The summed E-state index contributed by atoms with van der Waals surface area (Å²) in [6.07, 6.45) is 0. The summed E-state index contributed by atoms with van der Waals surface area (Å²) in [5, 5.41) is 5.38. The average molecular weight is 380 g/mol. The van der Waals surface area contributed by atoms with E-state index in [9.17, 15) is 14.0 Å². The highest BCUT2D eigenvalue weighted by Crippen LogP contribution is 2.22. The first-order chi connectivity index (χ1) is 11.7. The monoisotopic (exact) mass is 379 g/mol. The standard InChI is InChI=1S/C19H22FN3O2.ClH/c1-12-7-6-9-14(17(24)22-11-19(2,3)21)16(12)23-18(25)13-8-4-5-10-15(13)20;/h4-10H,11,21H2,1-3H3,(H,22,24)(H,23,25);1H. The number of anilines is 1. The van der Waals surface area contributed by atoms with Gasteiger partial charge in [-0.2, -0.15) is 0 Å². The summed E-state index contributed by atoms with van der Waals surface area (Å²) < 4.78 is 13.8. The molecule has 5 nitrogen and oxygen atoms in total. The zero-order chi connectivity index (χ0) is 18.6. The second kappa shape index (κ2) is 8.78. The Morgan fingerprint density at radius 2 is 1.65 bits per heavy atom. The number of halogens is 2. The van der Waals surface area contributed by atoms with Crippen LogP contribution in [0.5, 0.6) is 0 Å². The highest BCUT2D eigenvalue weighted by Gasteiger charge is 2.19. The van der Waals surface area contributed by atoms with Crippen molar-refractivity contribution in [1.82, 2.24) is 5.32 Å². The number of amides is 2. The van der Waals surface area contributed by atoms with Gasteiger partial charge in [0.05, 0.1) is 16.8 Å². The Morgan fingerprint density at radius 3 is 2.27 bits per heavy atom. The van der Waals surface area contributed by atoms with Gasteiger partial charge in [-0.25, -0.2) is 4.39 Å². The van der Waals surface area contributed by atoms with E-state index >= 15 is 0 Å². The van der Waals surface area contributed by atoms with Crippen LogP contribution in [0.4, 0.5) is 10.1 Å². The van der Waals surface area contributed by atoms with Crippen molar-refractivity contribution in [2.75, 3.05) is 11.9 Å². The Bertz CT molecular complexity index is 804. The van der Waals surface area contributed by atoms with Gasteiger partial charge in [0.2, 0.25) is 0 Å². The second-order valence-corrected chi connectivity index (χ2v) is 6.60. The molecule has 0 saturated carbocycles. The first-order valence-corrected chi connectivity index (χ1v) is 7.91. The largest absolute Gasteiger partial charge is 0.350 e. The molecule has 0 bridgehead atoms. The summed E-state index contributed by atoms with van der Waals surface area (Å²) in [6, 6.07) is 10.8. The lowest BCUT2D eigenvalue weighted by Gasteiger charge is -2.20. The number of nitrogens with one attached hydrogen (secondary N) is 2. The van der Waals surface area contributed by atoms with Gasteiger partial charge in [0.15, 0.2) is 0 Å². The molecule has 0 atom stereocenters. The lowest BCUT2D eigenvalue weighted by molar-refractivity contribution is 0.0947. The van der Waals surface area contributed by atoms with Crippen LogP contribution in [0.1, 0.15) is 40.1 Å². The van der Waals surface area contributed by atoms with Crippen LogP contribution in [0, 0.1) is 12.7 Å². The normalized spacial score (nSPS) is 10.7. The van der Waals surface area contributed by atoms with E-state index < -0.39 is 17.3 Å². The van der Waals surface area contributed by atoms with Crippen molar-refractivity contribution in [3.8, 4) is 0 Å². The lowest BCUT2D eigenvalue weighted by atomic mass is 10.0. The summed E-state index contributed by atoms with van der Waals surface area (Å²) in [5.41, 5.74) is 6.58. The van der Waals surface area contributed by atoms with Crippen LogP contribution in [0.2, 0.25) is 0 Å². The predicted molar refractivity (Wildman–Crippen MR) is 103 cm³/mol. The summed E-state index contributed by atoms with van der Waals surface area (Å²) in [4.78, 5) is 24.8. The molecule has 2 amide bonds. The molecule has 0 saturated heterocycles. The maximum Gasteiger partial charge on any atom is 0.258 e. The van der Waals surface area contributed by atoms with E-state index in [-0.39, 0.29) is 30.4 Å². The number of nitrogens with two attached hydrogens (primary N) is 1. The van der Waals surface area contributed by atoms with Gasteiger partial charge in [0.25, 0.3) is 11.8 Å². The first-order valence-electron chi connectivity index (χ1n) is 7.91. The smallest absolute Gasteiger partial charge is 0.258 e. The third-order valence-electron chi connectivity index (χ3n) is 3.58. The molecule has 0 spiro atoms. The van der Waals surface area contributed by atoms with Crippen molar-refractivity contribution in [1.29, 1.82) is 0 Å². The van der Waals surface area contributed by atoms with Crippen LogP contribution in [-0.4, -0.2) is 23.9 Å². The number of para-hydroxylation sites is 1. The SMILES string of the molecule is Cc1cccc(C(=O)NCC(C)(C)N)c1NC(=O)c1ccccc1F.Cl. The Hall–Kier alpha value is -2.44. The van der Waals surface area contributed by atoms with Crippen LogP contribution < -0.4 is 16.4 Å². The predicted octanol–water partition coefficient (Wildman–Crippen LogP) is 3.28. The fraction of sp³-hybridized carbons (Fsp3) is 0.263. The lowest BCUT2D eigenvalue weighted by Crippen LogP contribution is -2.45. The molecule has 0 fully saturated rings. The van der Waals surface area contributed by atoms with Crippen LogP contribution in [0.3, 0.4) is 0 Å². The minimum absolute atomic E-state index is 0. The van der Waals surface area contributed by atoms with E-state index in [1.54, 1.807) is 45.0 Å². The van der Waals surface area contributed by atoms with Crippen molar-refractivity contribution < 1.29 is 14.0 Å². The fourth-order valence-electron chi connectivity index (χ4n) is 2.25. The van der Waals surface area contributed by atoms with Crippen LogP contribution in [0.15, 0.2) is 42.5 Å². The minimum Gasteiger partial charge on any atom is -0.350 e. The van der Waals surface area contributed by atoms with Crippen molar-refractivity contribution in [3.05, 3.63) is 65.0 Å². The van der Waals surface area contributed by atoms with E-state index in [0.29, 0.717) is 16.8 Å². The van der Waals surface area contributed by atoms with Gasteiger partial charge in [-0.1, -0.05) is 24.3 Å². The number of rotatable bonds is 5. The summed E-state index contributed by atoms with van der Waals surface area (Å²) in [6.45, 7) is 5.63. The molecule has 2 aromatic carbocycles. The zero-order valence-corrected chi connectivity index (χ0v) is 15.7. The molecule has 0 aromatic heterocycles. The molecule has 140 valence electrons. The topological polar surface area (TPSA) is 84.2 Å². The van der Waals surface area contributed by atoms with E-state index in [0.717, 1.165) is 0 Å². The third-order valence-corrected chi connectivity index (χ3v) is 3.58. The highest BCUT2D eigenvalue weighted by atomic mass is 35.5. The van der Waals surface area contributed by atoms with Crippen molar-refractivity contribution in [3.63, 3.8) is 0 Å². The molecule has 0 radical (unpaired) electrons. The van der Waals surface area contributed by atoms with Crippen LogP contribution in [0.25, 0.3) is 0 Å². The quantitative estimate of drug-likeness (QED) is 0.745. The zero-order valence-electron chi connectivity index (χ0n) is 14.9. The molecule has 0 aliphatic carbocycles. The number of benzene rings is 2. The van der Waals surface area contributed by atoms with Gasteiger partial charge >= 0.3 is 0 Å². The minimum atomic E-state index is -0.621.